The van der Waals surface area contributed by atoms with E-state index in [4.69, 9.17) is 23.4 Å². The van der Waals surface area contributed by atoms with E-state index < -0.39 is 5.63 Å². The summed E-state index contributed by atoms with van der Waals surface area (Å²) in [4.78, 5) is 12.9. The van der Waals surface area contributed by atoms with Gasteiger partial charge in [-0.05, 0) is 60.7 Å². The third-order valence-corrected chi connectivity index (χ3v) is 5.21. The summed E-state index contributed by atoms with van der Waals surface area (Å²) in [5.74, 6) is 9.08. The van der Waals surface area contributed by atoms with Gasteiger partial charge in [0.1, 0.15) is 11.5 Å². The summed E-state index contributed by atoms with van der Waals surface area (Å²) in [6.07, 6.45) is 0. The lowest BCUT2D eigenvalue weighted by atomic mass is 10.0. The van der Waals surface area contributed by atoms with Crippen molar-refractivity contribution >= 4 is 10.8 Å². The molecule has 33 heavy (non-hydrogen) atoms. The summed E-state index contributed by atoms with van der Waals surface area (Å²) in [7, 11) is 6.27. The molecule has 3 aromatic carbocycles. The number of fused-ring (bicyclic) bond motifs is 1. The van der Waals surface area contributed by atoms with Gasteiger partial charge in [0.15, 0.2) is 17.3 Å². The Labute approximate surface area is 191 Å². The first-order valence-corrected chi connectivity index (χ1v) is 10.1. The average Bonchev–Trinajstić information content (AvgIpc) is 2.87. The van der Waals surface area contributed by atoms with Gasteiger partial charge in [-0.3, -0.25) is 0 Å². The highest BCUT2D eigenvalue weighted by Crippen LogP contribution is 2.35. The first-order chi connectivity index (χ1) is 16.1. The van der Waals surface area contributed by atoms with Crippen molar-refractivity contribution in [3.63, 3.8) is 0 Å². The summed E-state index contributed by atoms with van der Waals surface area (Å²) in [6.45, 7) is 0. The molecule has 0 saturated carbocycles. The molecule has 0 N–H and O–H groups in total. The van der Waals surface area contributed by atoms with Gasteiger partial charge >= 0.3 is 5.63 Å². The van der Waals surface area contributed by atoms with E-state index in [0.717, 1.165) is 11.3 Å². The molecule has 0 fully saturated rings. The van der Waals surface area contributed by atoms with Crippen LogP contribution in [0.2, 0.25) is 0 Å². The van der Waals surface area contributed by atoms with Gasteiger partial charge in [-0.25, -0.2) is 4.79 Å². The van der Waals surface area contributed by atoms with Crippen LogP contribution in [0.5, 0.6) is 23.0 Å². The van der Waals surface area contributed by atoms with Crippen molar-refractivity contribution in [3.05, 3.63) is 82.2 Å². The Morgan fingerprint density at radius 3 is 1.76 bits per heavy atom. The van der Waals surface area contributed by atoms with Gasteiger partial charge in [-0.15, -0.1) is 0 Å². The lowest BCUT2D eigenvalue weighted by Crippen LogP contribution is -2.05. The molecule has 4 aromatic rings. The molecule has 4 rings (SSSR count). The molecule has 1 heterocycles. The number of ether oxygens (including phenoxy) is 4. The van der Waals surface area contributed by atoms with Crippen LogP contribution >= 0.6 is 0 Å². The maximum absolute atomic E-state index is 12.9. The molecule has 0 atom stereocenters. The zero-order chi connectivity index (χ0) is 23.4. The fourth-order valence-corrected chi connectivity index (χ4v) is 3.45. The predicted molar refractivity (Wildman–Crippen MR) is 127 cm³/mol. The molecule has 0 radical (unpaired) electrons. The second-order valence-corrected chi connectivity index (χ2v) is 7.05. The summed E-state index contributed by atoms with van der Waals surface area (Å²) in [5.41, 5.74) is 1.55. The van der Waals surface area contributed by atoms with Crippen LogP contribution in [0.25, 0.3) is 22.1 Å². The number of hydrogen-bond donors (Lipinski definition) is 0. The Balaban J connectivity index is 1.99. The van der Waals surface area contributed by atoms with E-state index in [1.54, 1.807) is 45.6 Å². The maximum atomic E-state index is 12.9. The third kappa shape index (κ3) is 4.35. The first-order valence-electron chi connectivity index (χ1n) is 10.1. The predicted octanol–water partition coefficient (Wildman–Crippen LogP) is 4.89. The Bertz CT molecular complexity index is 1400. The van der Waals surface area contributed by atoms with Crippen molar-refractivity contribution in [2.75, 3.05) is 28.4 Å². The summed E-state index contributed by atoms with van der Waals surface area (Å²) < 4.78 is 27.1. The molecule has 6 nitrogen and oxygen atoms in total. The number of methoxy groups -OCH3 is 4. The SMILES string of the molecule is COc1ccc(C#Cc2c(-c3ccc(OC)cc3)oc(=O)c3cc(OC)c(OC)cc23)cc1. The third-order valence-electron chi connectivity index (χ3n) is 5.21. The van der Waals surface area contributed by atoms with E-state index in [-0.39, 0.29) is 0 Å². The first kappa shape index (κ1) is 21.8. The van der Waals surface area contributed by atoms with Crippen LogP contribution in [0.4, 0.5) is 0 Å². The minimum absolute atomic E-state index is 0.351. The van der Waals surface area contributed by atoms with E-state index >= 15 is 0 Å². The molecular weight excluding hydrogens is 420 g/mol. The van der Waals surface area contributed by atoms with Crippen LogP contribution in [-0.4, -0.2) is 28.4 Å². The van der Waals surface area contributed by atoms with Gasteiger partial charge < -0.3 is 23.4 Å². The Morgan fingerprint density at radius 1 is 0.667 bits per heavy atom. The van der Waals surface area contributed by atoms with Crippen molar-refractivity contribution in [2.24, 2.45) is 0 Å². The largest absolute Gasteiger partial charge is 0.497 e. The normalized spacial score (nSPS) is 10.3. The Hall–Kier alpha value is -4.37. The van der Waals surface area contributed by atoms with Crippen molar-refractivity contribution in [2.45, 2.75) is 0 Å². The van der Waals surface area contributed by atoms with E-state index in [2.05, 4.69) is 11.8 Å². The number of rotatable bonds is 5. The summed E-state index contributed by atoms with van der Waals surface area (Å²) >= 11 is 0. The fraction of sp³-hybridized carbons (Fsp3) is 0.148. The van der Waals surface area contributed by atoms with Gasteiger partial charge in [0.2, 0.25) is 0 Å². The van der Waals surface area contributed by atoms with Crippen molar-refractivity contribution in [1.29, 1.82) is 0 Å². The van der Waals surface area contributed by atoms with Gasteiger partial charge in [-0.1, -0.05) is 11.8 Å². The number of hydrogen-bond acceptors (Lipinski definition) is 6. The van der Waals surface area contributed by atoms with Gasteiger partial charge in [-0.2, -0.15) is 0 Å². The van der Waals surface area contributed by atoms with Crippen LogP contribution in [0.15, 0.2) is 69.9 Å². The topological polar surface area (TPSA) is 67.1 Å². The minimum atomic E-state index is -0.494. The van der Waals surface area contributed by atoms with Crippen LogP contribution in [-0.2, 0) is 0 Å². The minimum Gasteiger partial charge on any atom is -0.497 e. The maximum Gasteiger partial charge on any atom is 0.344 e. The Kier molecular flexibility index (Phi) is 6.23. The van der Waals surface area contributed by atoms with Crippen molar-refractivity contribution in [1.82, 2.24) is 0 Å². The van der Waals surface area contributed by atoms with E-state index in [9.17, 15) is 4.79 Å². The molecule has 0 saturated heterocycles. The van der Waals surface area contributed by atoms with E-state index in [0.29, 0.717) is 44.9 Å². The lowest BCUT2D eigenvalue weighted by Gasteiger charge is -2.12. The highest BCUT2D eigenvalue weighted by Gasteiger charge is 2.18. The Morgan fingerprint density at radius 2 is 1.21 bits per heavy atom. The lowest BCUT2D eigenvalue weighted by molar-refractivity contribution is 0.355. The second kappa shape index (κ2) is 9.41. The molecule has 166 valence electrons. The van der Waals surface area contributed by atoms with E-state index in [1.807, 2.05) is 36.4 Å². The standard InChI is InChI=1S/C27H22O6/c1-29-19-10-5-17(6-11-19)7-14-21-22-15-24(31-3)25(32-4)16-23(22)27(28)33-26(21)18-8-12-20(30-2)13-9-18/h5-6,8-13,15-16H,1-4H3. The monoisotopic (exact) mass is 442 g/mol. The fourth-order valence-electron chi connectivity index (χ4n) is 3.45. The molecule has 0 aliphatic heterocycles. The molecule has 0 aliphatic rings. The second-order valence-electron chi connectivity index (χ2n) is 7.05. The molecule has 0 bridgehead atoms. The van der Waals surface area contributed by atoms with Crippen LogP contribution in [0.1, 0.15) is 11.1 Å². The molecule has 0 amide bonds. The zero-order valence-corrected chi connectivity index (χ0v) is 18.7. The average molecular weight is 442 g/mol. The zero-order valence-electron chi connectivity index (χ0n) is 18.7. The van der Waals surface area contributed by atoms with E-state index in [1.165, 1.54) is 7.11 Å². The smallest absolute Gasteiger partial charge is 0.344 e. The van der Waals surface area contributed by atoms with Gasteiger partial charge in [0.05, 0.1) is 39.4 Å². The van der Waals surface area contributed by atoms with Crippen LogP contribution in [0, 0.1) is 11.8 Å². The van der Waals surface area contributed by atoms with Crippen molar-refractivity contribution in [3.8, 4) is 46.2 Å². The molecular formula is C27H22O6. The molecule has 0 aliphatic carbocycles. The highest BCUT2D eigenvalue weighted by molar-refractivity contribution is 5.94. The quantitative estimate of drug-likeness (QED) is 0.410. The van der Waals surface area contributed by atoms with Gasteiger partial charge in [0.25, 0.3) is 0 Å². The molecule has 0 unspecified atom stereocenters. The molecule has 6 heteroatoms. The van der Waals surface area contributed by atoms with Crippen LogP contribution < -0.4 is 24.6 Å². The molecule has 1 aromatic heterocycles. The molecule has 0 spiro atoms. The van der Waals surface area contributed by atoms with Crippen LogP contribution in [0.3, 0.4) is 0 Å². The number of benzene rings is 3. The van der Waals surface area contributed by atoms with Gasteiger partial charge in [0, 0.05) is 16.5 Å². The highest BCUT2D eigenvalue weighted by atomic mass is 16.5. The van der Waals surface area contributed by atoms with Crippen molar-refractivity contribution < 1.29 is 23.4 Å². The summed E-state index contributed by atoms with van der Waals surface area (Å²) in [5, 5.41) is 0.958. The summed E-state index contributed by atoms with van der Waals surface area (Å²) in [6, 6.07) is 18.0.